The van der Waals surface area contributed by atoms with Crippen molar-refractivity contribution in [1.82, 2.24) is 14.5 Å². The van der Waals surface area contributed by atoms with E-state index < -0.39 is 5.97 Å². The first kappa shape index (κ1) is 26.3. The number of rotatable bonds is 7. The quantitative estimate of drug-likeness (QED) is 0.221. The fourth-order valence-corrected chi connectivity index (χ4v) is 6.52. The van der Waals surface area contributed by atoms with Gasteiger partial charge in [0.25, 0.3) is 5.56 Å². The Labute approximate surface area is 242 Å². The molecule has 0 aliphatic heterocycles. The molecule has 8 nitrogen and oxygen atoms in total. The molecule has 0 atom stereocenters. The number of benzene rings is 2. The molecule has 3 aromatic heterocycles. The van der Waals surface area contributed by atoms with E-state index in [2.05, 4.69) is 16.0 Å². The Balaban J connectivity index is 1.35. The lowest BCUT2D eigenvalue weighted by Crippen LogP contribution is -2.27. The highest BCUT2D eigenvalue weighted by Gasteiger charge is 2.30. The Morgan fingerprint density at radius 2 is 2.02 bits per heavy atom. The maximum atomic E-state index is 13.5. The average Bonchev–Trinajstić information content (AvgIpc) is 3.67. The SMILES string of the molecule is Cc1nc2cnc(C3CC3)c(C#N)c2c(=O)n1CCOc1ccc(Cl)cc1-c1ccc(Cl)c2c(C(=O)O)csc12. The third-order valence-corrected chi connectivity index (χ3v) is 8.56. The van der Waals surface area contributed by atoms with Crippen LogP contribution < -0.4 is 10.3 Å². The van der Waals surface area contributed by atoms with Crippen LogP contribution in [0.25, 0.3) is 32.1 Å². The fraction of sp³-hybridized carbons (Fsp3) is 0.207. The second-order valence-electron chi connectivity index (χ2n) is 9.52. The van der Waals surface area contributed by atoms with Gasteiger partial charge in [-0.2, -0.15) is 5.26 Å². The van der Waals surface area contributed by atoms with Crippen LogP contribution in [0.2, 0.25) is 10.0 Å². The summed E-state index contributed by atoms with van der Waals surface area (Å²) in [7, 11) is 0. The zero-order valence-electron chi connectivity index (χ0n) is 21.1. The van der Waals surface area contributed by atoms with Crippen molar-refractivity contribution in [1.29, 1.82) is 5.26 Å². The van der Waals surface area contributed by atoms with Crippen LogP contribution in [0.4, 0.5) is 0 Å². The van der Waals surface area contributed by atoms with E-state index in [1.807, 2.05) is 6.07 Å². The summed E-state index contributed by atoms with van der Waals surface area (Å²) in [6.45, 7) is 2.06. The first-order chi connectivity index (χ1) is 19.3. The Hall–Kier alpha value is -3.97. The van der Waals surface area contributed by atoms with Gasteiger partial charge in [-0.05, 0) is 44.0 Å². The van der Waals surface area contributed by atoms with Crippen molar-refractivity contribution in [2.45, 2.75) is 32.2 Å². The van der Waals surface area contributed by atoms with E-state index in [0.717, 1.165) is 18.4 Å². The number of pyridine rings is 1. The van der Waals surface area contributed by atoms with Gasteiger partial charge in [0.2, 0.25) is 0 Å². The summed E-state index contributed by atoms with van der Waals surface area (Å²) in [4.78, 5) is 34.3. The molecular weight excluding hydrogens is 571 g/mol. The third kappa shape index (κ3) is 4.48. The van der Waals surface area contributed by atoms with Gasteiger partial charge in [0.1, 0.15) is 24.3 Å². The minimum absolute atomic E-state index is 0.131. The summed E-state index contributed by atoms with van der Waals surface area (Å²) in [6.07, 6.45) is 3.49. The van der Waals surface area contributed by atoms with Gasteiger partial charge in [-0.15, -0.1) is 11.3 Å². The summed E-state index contributed by atoms with van der Waals surface area (Å²) < 4.78 is 8.38. The van der Waals surface area contributed by atoms with Gasteiger partial charge < -0.3 is 9.84 Å². The zero-order chi connectivity index (χ0) is 28.1. The van der Waals surface area contributed by atoms with Crippen LogP contribution in [0, 0.1) is 18.3 Å². The lowest BCUT2D eigenvalue weighted by molar-refractivity contribution is 0.0699. The van der Waals surface area contributed by atoms with Crippen LogP contribution in [0.5, 0.6) is 5.75 Å². The largest absolute Gasteiger partial charge is 0.491 e. The number of nitriles is 1. The van der Waals surface area contributed by atoms with Crippen molar-refractivity contribution < 1.29 is 14.6 Å². The van der Waals surface area contributed by atoms with E-state index in [4.69, 9.17) is 27.9 Å². The molecule has 0 saturated heterocycles. The topological polar surface area (TPSA) is 118 Å². The minimum Gasteiger partial charge on any atom is -0.491 e. The molecule has 1 aliphatic carbocycles. The van der Waals surface area contributed by atoms with Crippen molar-refractivity contribution in [3.8, 4) is 22.9 Å². The number of nitrogens with zero attached hydrogens (tertiary/aromatic N) is 4. The minimum atomic E-state index is -1.06. The number of ether oxygens (including phenoxy) is 1. The lowest BCUT2D eigenvalue weighted by atomic mass is 10.0. The van der Waals surface area contributed by atoms with Crippen molar-refractivity contribution in [2.75, 3.05) is 6.61 Å². The molecule has 0 radical (unpaired) electrons. The molecule has 5 aromatic rings. The van der Waals surface area contributed by atoms with Gasteiger partial charge >= 0.3 is 5.97 Å². The molecule has 0 amide bonds. The van der Waals surface area contributed by atoms with Gasteiger partial charge in [-0.1, -0.05) is 29.3 Å². The molecule has 11 heteroatoms. The molecule has 1 aliphatic rings. The standard InChI is InChI=1S/C29H20Cl2N4O4S/c1-14-34-22-12-33-26(15-2-3-15)19(11-32)25(22)28(36)35(14)8-9-39-23-7-4-16(30)10-18(23)17-5-6-21(31)24-20(29(37)38)13-40-27(17)24/h4-7,10,12-13,15H,2-3,8-9H2,1H3,(H,37,38). The van der Waals surface area contributed by atoms with E-state index in [-0.39, 0.29) is 35.6 Å². The smallest absolute Gasteiger partial charge is 0.337 e. The van der Waals surface area contributed by atoms with Crippen LogP contribution in [0.3, 0.4) is 0 Å². The zero-order valence-corrected chi connectivity index (χ0v) is 23.4. The third-order valence-electron chi connectivity index (χ3n) is 7.00. The number of aryl methyl sites for hydroxylation is 1. The molecule has 200 valence electrons. The van der Waals surface area contributed by atoms with Crippen LogP contribution in [0.15, 0.2) is 46.7 Å². The molecule has 0 unspecified atom stereocenters. The summed E-state index contributed by atoms with van der Waals surface area (Å²) in [6, 6.07) is 10.8. The number of carboxylic acid groups (broad SMARTS) is 1. The second-order valence-corrected chi connectivity index (χ2v) is 11.2. The molecule has 40 heavy (non-hydrogen) atoms. The van der Waals surface area contributed by atoms with Crippen molar-refractivity contribution >= 4 is 61.5 Å². The molecular formula is C29H20Cl2N4O4S. The molecule has 2 aromatic carbocycles. The van der Waals surface area contributed by atoms with Gasteiger partial charge in [0.15, 0.2) is 0 Å². The average molecular weight is 591 g/mol. The van der Waals surface area contributed by atoms with Gasteiger partial charge in [0.05, 0.1) is 45.5 Å². The molecule has 0 spiro atoms. The summed E-state index contributed by atoms with van der Waals surface area (Å²) in [5.74, 6) is 0.156. The highest BCUT2D eigenvalue weighted by Crippen LogP contribution is 2.43. The predicted octanol–water partition coefficient (Wildman–Crippen LogP) is 6.81. The Bertz CT molecular complexity index is 1960. The fourth-order valence-electron chi connectivity index (χ4n) is 4.94. The summed E-state index contributed by atoms with van der Waals surface area (Å²) in [5.41, 5.74) is 2.60. The van der Waals surface area contributed by atoms with Crippen LogP contribution in [-0.2, 0) is 6.54 Å². The van der Waals surface area contributed by atoms with Crippen molar-refractivity contribution in [3.63, 3.8) is 0 Å². The highest BCUT2D eigenvalue weighted by molar-refractivity contribution is 7.18. The van der Waals surface area contributed by atoms with E-state index in [9.17, 15) is 20.0 Å². The molecule has 6 rings (SSSR count). The van der Waals surface area contributed by atoms with Gasteiger partial charge in [-0.3, -0.25) is 14.3 Å². The number of aromatic carboxylic acids is 1. The second kappa shape index (κ2) is 10.2. The van der Waals surface area contributed by atoms with E-state index in [0.29, 0.717) is 54.0 Å². The van der Waals surface area contributed by atoms with E-state index in [1.165, 1.54) is 15.9 Å². The van der Waals surface area contributed by atoms with Gasteiger partial charge in [0, 0.05) is 37.5 Å². The highest BCUT2D eigenvalue weighted by atomic mass is 35.5. The number of hydrogen-bond donors (Lipinski definition) is 1. The monoisotopic (exact) mass is 590 g/mol. The van der Waals surface area contributed by atoms with Crippen molar-refractivity contribution in [2.24, 2.45) is 0 Å². The molecule has 1 N–H and O–H groups in total. The number of fused-ring (bicyclic) bond motifs is 2. The Morgan fingerprint density at radius 3 is 2.75 bits per heavy atom. The molecule has 3 heterocycles. The number of thiophene rings is 1. The first-order valence-electron chi connectivity index (χ1n) is 12.4. The maximum Gasteiger partial charge on any atom is 0.337 e. The summed E-state index contributed by atoms with van der Waals surface area (Å²) >= 11 is 14.0. The molecule has 1 saturated carbocycles. The van der Waals surface area contributed by atoms with E-state index >= 15 is 0 Å². The van der Waals surface area contributed by atoms with Crippen LogP contribution >= 0.6 is 34.5 Å². The number of carbonyl (C=O) groups is 1. The number of aromatic nitrogens is 3. The Kier molecular flexibility index (Phi) is 6.70. The normalized spacial score (nSPS) is 13.1. The van der Waals surface area contributed by atoms with Crippen LogP contribution in [-0.4, -0.2) is 32.2 Å². The van der Waals surface area contributed by atoms with Crippen molar-refractivity contribution in [3.05, 3.63) is 85.0 Å². The first-order valence-corrected chi connectivity index (χ1v) is 14.1. The molecule has 1 fully saturated rings. The maximum absolute atomic E-state index is 13.5. The number of carboxylic acids is 1. The van der Waals surface area contributed by atoms with Gasteiger partial charge in [-0.25, -0.2) is 9.78 Å². The number of hydrogen-bond acceptors (Lipinski definition) is 7. The molecule has 0 bridgehead atoms. The summed E-state index contributed by atoms with van der Waals surface area (Å²) in [5, 5.41) is 22.6. The van der Waals surface area contributed by atoms with Crippen LogP contribution in [0.1, 0.15) is 46.2 Å². The Morgan fingerprint density at radius 1 is 1.23 bits per heavy atom. The number of halogens is 2. The predicted molar refractivity (Wildman–Crippen MR) is 155 cm³/mol. The lowest BCUT2D eigenvalue weighted by Gasteiger charge is -2.16. The van der Waals surface area contributed by atoms with E-state index in [1.54, 1.807) is 42.8 Å².